The van der Waals surface area contributed by atoms with Crippen molar-refractivity contribution in [3.05, 3.63) is 35.9 Å². The highest BCUT2D eigenvalue weighted by molar-refractivity contribution is 5.97. The summed E-state index contributed by atoms with van der Waals surface area (Å²) in [5.41, 5.74) is 0.629. The number of carbonyl (C=O) groups is 2. The molecule has 3 rings (SSSR count). The second-order valence-corrected chi connectivity index (χ2v) is 6.99. The standard InChI is InChI=1S/C19H26N2O3/c1-14-10-12-20(13-17(14)22)19(24)16-9-5-6-11-21(16)18(23)15-7-3-2-4-8-15/h2-4,7-8,14,16-17,22H,5-6,9-13H2,1H3. The van der Waals surface area contributed by atoms with Crippen molar-refractivity contribution in [1.82, 2.24) is 9.80 Å². The minimum atomic E-state index is -0.468. The quantitative estimate of drug-likeness (QED) is 0.901. The predicted octanol–water partition coefficient (Wildman–Crippen LogP) is 1.91. The van der Waals surface area contributed by atoms with Crippen molar-refractivity contribution in [1.29, 1.82) is 0 Å². The molecule has 3 unspecified atom stereocenters. The second-order valence-electron chi connectivity index (χ2n) is 6.99. The van der Waals surface area contributed by atoms with Gasteiger partial charge >= 0.3 is 0 Å². The Kier molecular flexibility index (Phi) is 5.19. The van der Waals surface area contributed by atoms with Crippen LogP contribution in [0.1, 0.15) is 43.0 Å². The fourth-order valence-corrected chi connectivity index (χ4v) is 3.64. The van der Waals surface area contributed by atoms with E-state index in [0.29, 0.717) is 31.6 Å². The predicted molar refractivity (Wildman–Crippen MR) is 91.5 cm³/mol. The molecule has 1 N–H and O–H groups in total. The summed E-state index contributed by atoms with van der Waals surface area (Å²) >= 11 is 0. The fourth-order valence-electron chi connectivity index (χ4n) is 3.64. The van der Waals surface area contributed by atoms with E-state index >= 15 is 0 Å². The average Bonchev–Trinajstić information content (AvgIpc) is 2.63. The van der Waals surface area contributed by atoms with Crippen molar-refractivity contribution in [3.63, 3.8) is 0 Å². The number of aliphatic hydroxyl groups excluding tert-OH is 1. The number of amides is 2. The Hall–Kier alpha value is -1.88. The Balaban J connectivity index is 1.74. The average molecular weight is 330 g/mol. The molecule has 0 aliphatic carbocycles. The van der Waals surface area contributed by atoms with Crippen molar-refractivity contribution in [2.75, 3.05) is 19.6 Å². The van der Waals surface area contributed by atoms with Crippen molar-refractivity contribution in [3.8, 4) is 0 Å². The number of carbonyl (C=O) groups excluding carboxylic acids is 2. The van der Waals surface area contributed by atoms with Crippen LogP contribution in [-0.2, 0) is 4.79 Å². The number of hydrogen-bond acceptors (Lipinski definition) is 3. The number of hydrogen-bond donors (Lipinski definition) is 1. The van der Waals surface area contributed by atoms with Crippen LogP contribution in [0.4, 0.5) is 0 Å². The fraction of sp³-hybridized carbons (Fsp3) is 0.579. The molecule has 0 saturated carbocycles. The minimum Gasteiger partial charge on any atom is -0.391 e. The summed E-state index contributed by atoms with van der Waals surface area (Å²) < 4.78 is 0. The summed E-state index contributed by atoms with van der Waals surface area (Å²) in [5.74, 6) is 0.145. The number of aliphatic hydroxyl groups is 1. The maximum absolute atomic E-state index is 13.0. The van der Waals surface area contributed by atoms with E-state index in [2.05, 4.69) is 0 Å². The minimum absolute atomic E-state index is 0.00932. The van der Waals surface area contributed by atoms with Gasteiger partial charge in [0.15, 0.2) is 0 Å². The van der Waals surface area contributed by atoms with Gasteiger partial charge in [0.25, 0.3) is 5.91 Å². The van der Waals surface area contributed by atoms with Gasteiger partial charge in [0.1, 0.15) is 6.04 Å². The molecule has 130 valence electrons. The van der Waals surface area contributed by atoms with Crippen molar-refractivity contribution < 1.29 is 14.7 Å². The van der Waals surface area contributed by atoms with E-state index in [0.717, 1.165) is 19.3 Å². The van der Waals surface area contributed by atoms with E-state index in [1.54, 1.807) is 21.9 Å². The molecule has 0 bridgehead atoms. The molecule has 2 aliphatic heterocycles. The van der Waals surface area contributed by atoms with Crippen LogP contribution in [0.25, 0.3) is 0 Å². The first-order valence-electron chi connectivity index (χ1n) is 8.91. The summed E-state index contributed by atoms with van der Waals surface area (Å²) in [4.78, 5) is 29.3. The first-order valence-corrected chi connectivity index (χ1v) is 8.91. The van der Waals surface area contributed by atoms with E-state index in [4.69, 9.17) is 0 Å². The highest BCUT2D eigenvalue weighted by Crippen LogP contribution is 2.24. The lowest BCUT2D eigenvalue weighted by Gasteiger charge is -2.41. The lowest BCUT2D eigenvalue weighted by Crippen LogP contribution is -2.56. The molecule has 1 aromatic rings. The molecule has 0 aromatic heterocycles. The lowest BCUT2D eigenvalue weighted by molar-refractivity contribution is -0.141. The molecule has 5 nitrogen and oxygen atoms in total. The van der Waals surface area contributed by atoms with Crippen molar-refractivity contribution >= 4 is 11.8 Å². The molecule has 0 spiro atoms. The number of rotatable bonds is 2. The van der Waals surface area contributed by atoms with Gasteiger partial charge in [-0.2, -0.15) is 0 Å². The Bertz CT molecular complexity index is 590. The van der Waals surface area contributed by atoms with E-state index in [1.165, 1.54) is 0 Å². The van der Waals surface area contributed by atoms with E-state index in [1.807, 2.05) is 25.1 Å². The van der Waals surface area contributed by atoms with Crippen LogP contribution in [0.3, 0.4) is 0 Å². The summed E-state index contributed by atoms with van der Waals surface area (Å²) in [6.07, 6.45) is 2.94. The maximum atomic E-state index is 13.0. The molecule has 1 aromatic carbocycles. The Labute approximate surface area is 143 Å². The van der Waals surface area contributed by atoms with Gasteiger partial charge < -0.3 is 14.9 Å². The Morgan fingerprint density at radius 2 is 1.83 bits per heavy atom. The van der Waals surface area contributed by atoms with Gasteiger partial charge in [-0.15, -0.1) is 0 Å². The third-order valence-electron chi connectivity index (χ3n) is 5.30. The van der Waals surface area contributed by atoms with E-state index in [-0.39, 0.29) is 17.7 Å². The third-order valence-corrected chi connectivity index (χ3v) is 5.30. The number of likely N-dealkylation sites (tertiary alicyclic amines) is 2. The molecule has 0 radical (unpaired) electrons. The first kappa shape index (κ1) is 17.0. The Morgan fingerprint density at radius 3 is 2.54 bits per heavy atom. The molecule has 2 heterocycles. The van der Waals surface area contributed by atoms with Gasteiger partial charge in [-0.3, -0.25) is 9.59 Å². The van der Waals surface area contributed by atoms with Gasteiger partial charge in [0.2, 0.25) is 5.91 Å². The van der Waals surface area contributed by atoms with Crippen LogP contribution in [0.15, 0.2) is 30.3 Å². The zero-order valence-corrected chi connectivity index (χ0v) is 14.2. The number of benzene rings is 1. The molecule has 2 saturated heterocycles. The lowest BCUT2D eigenvalue weighted by atomic mass is 9.94. The zero-order chi connectivity index (χ0) is 17.1. The topological polar surface area (TPSA) is 60.9 Å². The molecule has 5 heteroatoms. The Morgan fingerprint density at radius 1 is 1.08 bits per heavy atom. The van der Waals surface area contributed by atoms with Crippen LogP contribution in [0, 0.1) is 5.92 Å². The van der Waals surface area contributed by atoms with Gasteiger partial charge in [-0.1, -0.05) is 25.1 Å². The summed E-state index contributed by atoms with van der Waals surface area (Å²) in [6.45, 7) is 3.68. The molecule has 2 fully saturated rings. The summed E-state index contributed by atoms with van der Waals surface area (Å²) in [7, 11) is 0. The van der Waals surface area contributed by atoms with Gasteiger partial charge in [0.05, 0.1) is 6.10 Å². The first-order chi connectivity index (χ1) is 11.6. The zero-order valence-electron chi connectivity index (χ0n) is 14.2. The molecule has 2 amide bonds. The van der Waals surface area contributed by atoms with Crippen LogP contribution in [0.2, 0.25) is 0 Å². The van der Waals surface area contributed by atoms with Gasteiger partial charge in [-0.25, -0.2) is 0 Å². The van der Waals surface area contributed by atoms with Gasteiger partial charge in [-0.05, 0) is 43.7 Å². The number of nitrogens with zero attached hydrogens (tertiary/aromatic N) is 2. The molecular weight excluding hydrogens is 304 g/mol. The monoisotopic (exact) mass is 330 g/mol. The van der Waals surface area contributed by atoms with Gasteiger partial charge in [0, 0.05) is 25.2 Å². The summed E-state index contributed by atoms with van der Waals surface area (Å²) in [6, 6.07) is 8.76. The van der Waals surface area contributed by atoms with Crippen LogP contribution in [-0.4, -0.2) is 58.5 Å². The molecular formula is C19H26N2O3. The third kappa shape index (κ3) is 3.46. The largest absolute Gasteiger partial charge is 0.391 e. The van der Waals surface area contributed by atoms with Crippen molar-refractivity contribution in [2.24, 2.45) is 5.92 Å². The highest BCUT2D eigenvalue weighted by atomic mass is 16.3. The molecule has 2 aliphatic rings. The normalized spacial score (nSPS) is 27.8. The van der Waals surface area contributed by atoms with Crippen LogP contribution in [0.5, 0.6) is 0 Å². The summed E-state index contributed by atoms with van der Waals surface area (Å²) in [5, 5.41) is 10.1. The van der Waals surface area contributed by atoms with E-state index < -0.39 is 12.1 Å². The van der Waals surface area contributed by atoms with Crippen LogP contribution < -0.4 is 0 Å². The maximum Gasteiger partial charge on any atom is 0.254 e. The highest BCUT2D eigenvalue weighted by Gasteiger charge is 2.37. The smallest absolute Gasteiger partial charge is 0.254 e. The molecule has 24 heavy (non-hydrogen) atoms. The number of β-amino-alcohol motifs (C(OH)–C–C–N with tert-alkyl or cyclic N) is 1. The second kappa shape index (κ2) is 7.34. The van der Waals surface area contributed by atoms with Crippen molar-refractivity contribution in [2.45, 2.75) is 44.8 Å². The number of piperidine rings is 2. The SMILES string of the molecule is CC1CCN(C(=O)C2CCCCN2C(=O)c2ccccc2)CC1O. The van der Waals surface area contributed by atoms with E-state index in [9.17, 15) is 14.7 Å². The molecule has 3 atom stereocenters. The van der Waals surface area contributed by atoms with Crippen LogP contribution >= 0.6 is 0 Å².